The number of aromatic nitrogens is 1. The number of carbonyl (C=O) groups excluding carboxylic acids is 1. The number of rotatable bonds is 4. The average Bonchev–Trinajstić information content (AvgIpc) is 3.14. The summed E-state index contributed by atoms with van der Waals surface area (Å²) in [5, 5.41) is 9.13. The number of halogens is 3. The summed E-state index contributed by atoms with van der Waals surface area (Å²) in [6, 6.07) is 4.00. The number of ether oxygens (including phenoxy) is 1. The molecule has 0 radical (unpaired) electrons. The number of fused-ring (bicyclic) bond motifs is 1. The fourth-order valence-corrected chi connectivity index (χ4v) is 3.43. The number of nitrogens with zero attached hydrogens (tertiary/aromatic N) is 2. The van der Waals surface area contributed by atoms with Crippen LogP contribution in [0.25, 0.3) is 0 Å². The second-order valence-electron chi connectivity index (χ2n) is 5.99. The minimum absolute atomic E-state index is 0.195. The third kappa shape index (κ3) is 6.03. The summed E-state index contributed by atoms with van der Waals surface area (Å²) < 4.78 is 37.0. The first-order valence-electron chi connectivity index (χ1n) is 8.26. The van der Waals surface area contributed by atoms with Crippen LogP contribution in [0.4, 0.5) is 13.2 Å². The van der Waals surface area contributed by atoms with Crippen LogP contribution in [0.3, 0.4) is 0 Å². The highest BCUT2D eigenvalue weighted by atomic mass is 32.1. The van der Waals surface area contributed by atoms with Crippen LogP contribution in [0.15, 0.2) is 29.9 Å². The Morgan fingerprint density at radius 1 is 1.36 bits per heavy atom. The second-order valence-corrected chi connectivity index (χ2v) is 7.03. The number of aliphatic carboxylic acids is 1. The summed E-state index contributed by atoms with van der Waals surface area (Å²) in [7, 11) is 1.69. The topological polar surface area (TPSA) is 79.7 Å². The van der Waals surface area contributed by atoms with Crippen LogP contribution in [0.2, 0.25) is 0 Å². The standard InChI is InChI=1S/C16H18N2O2S.C2HF3O2/c1-20-11-13-9-17-8-12-10-18(5-4-15(12)13)16(19)7-14-3-2-6-21-14;3-2(4,5)1(6)7/h2-3,6,8-9H,4-5,7,10-11H2,1H3;(H,6,7). The number of hydrogen-bond donors (Lipinski definition) is 1. The van der Waals surface area contributed by atoms with Crippen LogP contribution < -0.4 is 0 Å². The van der Waals surface area contributed by atoms with E-state index in [1.165, 1.54) is 5.56 Å². The van der Waals surface area contributed by atoms with E-state index in [0.29, 0.717) is 19.6 Å². The highest BCUT2D eigenvalue weighted by Crippen LogP contribution is 2.23. The molecule has 1 amide bonds. The first-order chi connectivity index (χ1) is 13.2. The van der Waals surface area contributed by atoms with Crippen molar-refractivity contribution in [2.75, 3.05) is 13.7 Å². The predicted molar refractivity (Wildman–Crippen MR) is 95.8 cm³/mol. The van der Waals surface area contributed by atoms with Crippen LogP contribution in [-0.2, 0) is 40.3 Å². The molecule has 0 spiro atoms. The molecule has 0 unspecified atom stereocenters. The lowest BCUT2D eigenvalue weighted by atomic mass is 9.97. The van der Waals surface area contributed by atoms with E-state index in [-0.39, 0.29) is 5.91 Å². The van der Waals surface area contributed by atoms with Gasteiger partial charge in [-0.05, 0) is 34.6 Å². The van der Waals surface area contributed by atoms with Gasteiger partial charge in [-0.2, -0.15) is 13.2 Å². The third-order valence-corrected chi connectivity index (χ3v) is 4.91. The SMILES string of the molecule is COCc1cncc2c1CCN(C(=O)Cc1cccs1)C2.O=C(O)C(F)(F)F. The normalized spacial score (nSPS) is 13.4. The van der Waals surface area contributed by atoms with Gasteiger partial charge in [0.1, 0.15) is 0 Å². The van der Waals surface area contributed by atoms with Crippen LogP contribution in [0.5, 0.6) is 0 Å². The molecule has 10 heteroatoms. The number of carboxylic acids is 1. The van der Waals surface area contributed by atoms with Gasteiger partial charge in [0, 0.05) is 37.5 Å². The number of hydrogen-bond acceptors (Lipinski definition) is 5. The maximum atomic E-state index is 12.4. The van der Waals surface area contributed by atoms with Gasteiger partial charge in [-0.1, -0.05) is 6.07 Å². The first-order valence-corrected chi connectivity index (χ1v) is 9.14. The minimum atomic E-state index is -5.08. The Morgan fingerprint density at radius 2 is 2.07 bits per heavy atom. The van der Waals surface area contributed by atoms with E-state index in [4.69, 9.17) is 14.6 Å². The summed E-state index contributed by atoms with van der Waals surface area (Å²) in [6.45, 7) is 2.02. The van der Waals surface area contributed by atoms with E-state index >= 15 is 0 Å². The Hall–Kier alpha value is -2.46. The molecular formula is C18H19F3N2O4S. The van der Waals surface area contributed by atoms with Gasteiger partial charge in [-0.3, -0.25) is 9.78 Å². The van der Waals surface area contributed by atoms with E-state index in [1.807, 2.05) is 34.8 Å². The molecule has 3 heterocycles. The molecule has 0 saturated carbocycles. The zero-order valence-electron chi connectivity index (χ0n) is 15.0. The van der Waals surface area contributed by atoms with E-state index in [0.717, 1.165) is 29.0 Å². The van der Waals surface area contributed by atoms with Crippen LogP contribution in [-0.4, -0.2) is 46.7 Å². The number of alkyl halides is 3. The van der Waals surface area contributed by atoms with Crippen molar-refractivity contribution in [2.24, 2.45) is 0 Å². The molecule has 2 aromatic rings. The maximum Gasteiger partial charge on any atom is 0.490 e. The molecule has 0 fully saturated rings. The van der Waals surface area contributed by atoms with E-state index in [9.17, 15) is 18.0 Å². The molecule has 1 aliphatic heterocycles. The lowest BCUT2D eigenvalue weighted by Gasteiger charge is -2.29. The highest BCUT2D eigenvalue weighted by molar-refractivity contribution is 7.10. The highest BCUT2D eigenvalue weighted by Gasteiger charge is 2.38. The van der Waals surface area contributed by atoms with Crippen molar-refractivity contribution in [1.82, 2.24) is 9.88 Å². The van der Waals surface area contributed by atoms with Gasteiger partial charge in [-0.15, -0.1) is 11.3 Å². The number of thiophene rings is 1. The molecule has 0 aliphatic carbocycles. The number of carboxylic acid groups (broad SMARTS) is 1. The Balaban J connectivity index is 0.000000345. The maximum absolute atomic E-state index is 12.4. The number of pyridine rings is 1. The molecule has 1 N–H and O–H groups in total. The molecule has 6 nitrogen and oxygen atoms in total. The van der Waals surface area contributed by atoms with Crippen LogP contribution in [0, 0.1) is 0 Å². The smallest absolute Gasteiger partial charge is 0.475 e. The van der Waals surface area contributed by atoms with Crippen LogP contribution >= 0.6 is 11.3 Å². The van der Waals surface area contributed by atoms with Crippen molar-refractivity contribution >= 4 is 23.2 Å². The predicted octanol–water partition coefficient (Wildman–Crippen LogP) is 3.05. The number of methoxy groups -OCH3 is 1. The van der Waals surface area contributed by atoms with E-state index in [1.54, 1.807) is 18.4 Å². The van der Waals surface area contributed by atoms with Crippen molar-refractivity contribution < 1.29 is 32.6 Å². The van der Waals surface area contributed by atoms with Crippen molar-refractivity contribution in [1.29, 1.82) is 0 Å². The fraction of sp³-hybridized carbons (Fsp3) is 0.389. The molecule has 0 atom stereocenters. The van der Waals surface area contributed by atoms with Gasteiger partial charge in [-0.25, -0.2) is 4.79 Å². The van der Waals surface area contributed by atoms with Gasteiger partial charge in [0.25, 0.3) is 0 Å². The fourth-order valence-electron chi connectivity index (χ4n) is 2.73. The van der Waals surface area contributed by atoms with Crippen molar-refractivity contribution in [3.8, 4) is 0 Å². The lowest BCUT2D eigenvalue weighted by molar-refractivity contribution is -0.192. The Labute approximate surface area is 163 Å². The summed E-state index contributed by atoms with van der Waals surface area (Å²) >= 11 is 1.63. The molecule has 0 bridgehead atoms. The minimum Gasteiger partial charge on any atom is -0.475 e. The summed E-state index contributed by atoms with van der Waals surface area (Å²) in [5.41, 5.74) is 3.59. The summed E-state index contributed by atoms with van der Waals surface area (Å²) in [6.07, 6.45) is 0.0372. The van der Waals surface area contributed by atoms with E-state index < -0.39 is 12.1 Å². The molecular weight excluding hydrogens is 397 g/mol. The molecule has 0 saturated heterocycles. The average molecular weight is 416 g/mol. The van der Waals surface area contributed by atoms with Gasteiger partial charge in [0.2, 0.25) is 5.91 Å². The number of carbonyl (C=O) groups is 2. The Kier molecular flexibility index (Phi) is 7.53. The molecule has 152 valence electrons. The molecule has 3 rings (SSSR count). The second kappa shape index (κ2) is 9.65. The quantitative estimate of drug-likeness (QED) is 0.829. The van der Waals surface area contributed by atoms with Gasteiger partial charge in [0.15, 0.2) is 0 Å². The van der Waals surface area contributed by atoms with Gasteiger partial charge < -0.3 is 14.7 Å². The van der Waals surface area contributed by atoms with Gasteiger partial charge in [0.05, 0.1) is 13.0 Å². The van der Waals surface area contributed by atoms with E-state index in [2.05, 4.69) is 4.98 Å². The van der Waals surface area contributed by atoms with Gasteiger partial charge >= 0.3 is 12.1 Å². The lowest BCUT2D eigenvalue weighted by Crippen LogP contribution is -2.37. The Morgan fingerprint density at radius 3 is 2.64 bits per heavy atom. The summed E-state index contributed by atoms with van der Waals surface area (Å²) in [5.74, 6) is -2.56. The van der Waals surface area contributed by atoms with Crippen LogP contribution in [0.1, 0.15) is 21.6 Å². The third-order valence-electron chi connectivity index (χ3n) is 4.03. The summed E-state index contributed by atoms with van der Waals surface area (Å²) in [4.78, 5) is 28.6. The molecule has 0 aromatic carbocycles. The first kappa shape index (κ1) is 21.8. The Bertz CT molecular complexity index is 810. The van der Waals surface area contributed by atoms with Crippen molar-refractivity contribution in [3.63, 3.8) is 0 Å². The molecule has 28 heavy (non-hydrogen) atoms. The molecule has 1 aliphatic rings. The van der Waals surface area contributed by atoms with Crippen molar-refractivity contribution in [3.05, 3.63) is 51.5 Å². The zero-order valence-corrected chi connectivity index (χ0v) is 15.8. The zero-order chi connectivity index (χ0) is 20.7. The largest absolute Gasteiger partial charge is 0.490 e. The van der Waals surface area contributed by atoms with Crippen molar-refractivity contribution in [2.45, 2.75) is 32.2 Å². The number of amides is 1. The monoisotopic (exact) mass is 416 g/mol. The molecule has 2 aromatic heterocycles.